The van der Waals surface area contributed by atoms with Crippen LogP contribution in [0, 0.1) is 0 Å². The van der Waals surface area contributed by atoms with E-state index < -0.39 is 58.3 Å². The minimum absolute atomic E-state index is 0.151. The molecule has 4 nitrogen and oxygen atoms in total. The van der Waals surface area contributed by atoms with E-state index >= 15 is 0 Å². The number of carbonyl (C=O) groups is 1. The van der Waals surface area contributed by atoms with E-state index in [0.717, 1.165) is 24.3 Å². The van der Waals surface area contributed by atoms with Crippen LogP contribution in [0.2, 0.25) is 10.0 Å². The van der Waals surface area contributed by atoms with Crippen molar-refractivity contribution in [3.63, 3.8) is 0 Å². The van der Waals surface area contributed by atoms with Crippen molar-refractivity contribution in [2.45, 2.75) is 24.4 Å². The predicted molar refractivity (Wildman–Crippen MR) is 94.8 cm³/mol. The fourth-order valence-corrected chi connectivity index (χ4v) is 3.64. The number of nitrogens with zero attached hydrogens (tertiary/aromatic N) is 1. The van der Waals surface area contributed by atoms with Crippen LogP contribution in [0.15, 0.2) is 41.6 Å². The highest BCUT2D eigenvalue weighted by Crippen LogP contribution is 2.50. The molecule has 30 heavy (non-hydrogen) atoms. The van der Waals surface area contributed by atoms with Crippen LogP contribution in [-0.2, 0) is 16.6 Å². The maximum absolute atomic E-state index is 14.0. The number of carboxylic acid groups (broad SMARTS) is 1. The van der Waals surface area contributed by atoms with Gasteiger partial charge in [0.25, 0.3) is 5.60 Å². The highest BCUT2D eigenvalue weighted by molar-refractivity contribution is 6.34. The van der Waals surface area contributed by atoms with Gasteiger partial charge in [-0.25, -0.2) is 4.79 Å². The summed E-state index contributed by atoms with van der Waals surface area (Å²) in [5, 5.41) is 12.0. The Labute approximate surface area is 174 Å². The minimum Gasteiger partial charge on any atom is -0.478 e. The fourth-order valence-electron chi connectivity index (χ4n) is 3.11. The Morgan fingerprint density at radius 2 is 1.67 bits per heavy atom. The molecular formula is C18H9Cl2F6NO3. The Morgan fingerprint density at radius 3 is 2.17 bits per heavy atom. The Kier molecular flexibility index (Phi) is 5.44. The molecule has 1 aliphatic rings. The first-order valence-electron chi connectivity index (χ1n) is 7.98. The molecule has 3 rings (SSSR count). The molecule has 1 heterocycles. The number of carboxylic acids is 1. The minimum atomic E-state index is -5.17. The summed E-state index contributed by atoms with van der Waals surface area (Å²) in [6.07, 6.45) is -11.4. The van der Waals surface area contributed by atoms with Crippen molar-refractivity contribution in [2.75, 3.05) is 0 Å². The number of rotatable bonds is 3. The van der Waals surface area contributed by atoms with Crippen molar-refractivity contribution in [1.29, 1.82) is 0 Å². The van der Waals surface area contributed by atoms with E-state index in [0.29, 0.717) is 6.07 Å². The molecule has 160 valence electrons. The maximum Gasteiger partial charge on any atom is 0.435 e. The van der Waals surface area contributed by atoms with Crippen LogP contribution in [0.1, 0.15) is 33.5 Å². The number of hydrogen-bond donors (Lipinski definition) is 1. The van der Waals surface area contributed by atoms with Gasteiger partial charge >= 0.3 is 18.3 Å². The SMILES string of the molecule is O=C(O)c1cccc(C2=NOC(c3cc(Cl)cc(Cl)c3)(C(F)(F)F)C2)c1C(F)(F)F. The topological polar surface area (TPSA) is 58.9 Å². The van der Waals surface area contributed by atoms with Gasteiger partial charge in [-0.15, -0.1) is 0 Å². The molecule has 0 aliphatic carbocycles. The Morgan fingerprint density at radius 1 is 1.07 bits per heavy atom. The number of oxime groups is 1. The molecule has 0 saturated carbocycles. The number of aromatic carboxylic acids is 1. The molecule has 1 unspecified atom stereocenters. The van der Waals surface area contributed by atoms with Crippen molar-refractivity contribution in [1.82, 2.24) is 0 Å². The van der Waals surface area contributed by atoms with E-state index in [9.17, 15) is 31.1 Å². The summed E-state index contributed by atoms with van der Waals surface area (Å²) in [7, 11) is 0. The first-order chi connectivity index (χ1) is 13.8. The largest absolute Gasteiger partial charge is 0.478 e. The zero-order valence-electron chi connectivity index (χ0n) is 14.4. The van der Waals surface area contributed by atoms with Gasteiger partial charge in [0.05, 0.1) is 16.8 Å². The average molecular weight is 472 g/mol. The van der Waals surface area contributed by atoms with Crippen LogP contribution in [0.5, 0.6) is 0 Å². The third-order valence-electron chi connectivity index (χ3n) is 4.40. The lowest BCUT2D eigenvalue weighted by Gasteiger charge is -2.29. The van der Waals surface area contributed by atoms with Crippen LogP contribution in [0.25, 0.3) is 0 Å². The van der Waals surface area contributed by atoms with Crippen LogP contribution in [0.3, 0.4) is 0 Å². The molecule has 0 radical (unpaired) electrons. The lowest BCUT2D eigenvalue weighted by Crippen LogP contribution is -2.42. The fraction of sp³-hybridized carbons (Fsp3) is 0.222. The number of hydrogen-bond acceptors (Lipinski definition) is 3. The number of benzene rings is 2. The quantitative estimate of drug-likeness (QED) is 0.535. The normalized spacial score (nSPS) is 19.4. The van der Waals surface area contributed by atoms with Gasteiger partial charge in [0.2, 0.25) is 0 Å². The maximum atomic E-state index is 14.0. The Hall–Kier alpha value is -2.46. The monoisotopic (exact) mass is 471 g/mol. The molecule has 2 aromatic carbocycles. The summed E-state index contributed by atoms with van der Waals surface area (Å²) in [6, 6.07) is 5.50. The van der Waals surface area contributed by atoms with Crippen LogP contribution >= 0.6 is 23.2 Å². The average Bonchev–Trinajstić information content (AvgIpc) is 3.06. The smallest absolute Gasteiger partial charge is 0.435 e. The molecule has 0 amide bonds. The standard InChI is InChI=1S/C18H9Cl2F6NO3/c19-9-4-8(5-10(20)6-9)16(18(24,25)26)7-13(27-30-16)11-2-1-3-12(15(28)29)14(11)17(21,22)23/h1-6H,7H2,(H,28,29). The molecule has 0 saturated heterocycles. The van der Waals surface area contributed by atoms with E-state index in [-0.39, 0.29) is 10.0 Å². The summed E-state index contributed by atoms with van der Waals surface area (Å²) >= 11 is 11.6. The molecule has 1 atom stereocenters. The second-order valence-corrected chi connectivity index (χ2v) is 7.19. The third kappa shape index (κ3) is 3.81. The molecule has 1 N–H and O–H groups in total. The number of halogens is 8. The Bertz CT molecular complexity index is 1030. The molecule has 0 spiro atoms. The zero-order valence-corrected chi connectivity index (χ0v) is 15.9. The highest BCUT2D eigenvalue weighted by Gasteiger charge is 2.62. The molecule has 12 heteroatoms. The summed E-state index contributed by atoms with van der Waals surface area (Å²) in [4.78, 5) is 15.9. The van der Waals surface area contributed by atoms with Gasteiger partial charge in [-0.2, -0.15) is 26.3 Å². The van der Waals surface area contributed by atoms with Gasteiger partial charge in [0.1, 0.15) is 0 Å². The highest BCUT2D eigenvalue weighted by atomic mass is 35.5. The van der Waals surface area contributed by atoms with E-state index in [1.165, 1.54) is 6.07 Å². The van der Waals surface area contributed by atoms with E-state index in [1.807, 2.05) is 0 Å². The lowest BCUT2D eigenvalue weighted by atomic mass is 9.85. The van der Waals surface area contributed by atoms with Crippen molar-refractivity contribution in [2.24, 2.45) is 5.16 Å². The molecule has 0 bridgehead atoms. The van der Waals surface area contributed by atoms with Gasteiger partial charge in [-0.3, -0.25) is 0 Å². The zero-order chi connectivity index (χ0) is 22.5. The van der Waals surface area contributed by atoms with Crippen molar-refractivity contribution < 1.29 is 41.1 Å². The number of alkyl halides is 6. The van der Waals surface area contributed by atoms with Crippen molar-refractivity contribution >= 4 is 34.9 Å². The molecular weight excluding hydrogens is 463 g/mol. The van der Waals surface area contributed by atoms with Crippen molar-refractivity contribution in [3.05, 3.63) is 68.7 Å². The summed E-state index contributed by atoms with van der Waals surface area (Å²) < 4.78 is 82.7. The molecule has 0 fully saturated rings. The van der Waals surface area contributed by atoms with Crippen LogP contribution < -0.4 is 0 Å². The predicted octanol–water partition coefficient (Wildman–Crippen LogP) is 6.29. The first kappa shape index (κ1) is 22.2. The molecule has 1 aliphatic heterocycles. The van der Waals surface area contributed by atoms with E-state index in [2.05, 4.69) is 9.99 Å². The van der Waals surface area contributed by atoms with Crippen LogP contribution in [0.4, 0.5) is 26.3 Å². The van der Waals surface area contributed by atoms with Gasteiger partial charge in [0.15, 0.2) is 0 Å². The molecule has 2 aromatic rings. The van der Waals surface area contributed by atoms with E-state index in [4.69, 9.17) is 28.3 Å². The van der Waals surface area contributed by atoms with Gasteiger partial charge in [0, 0.05) is 27.6 Å². The second-order valence-electron chi connectivity index (χ2n) is 6.32. The summed E-state index contributed by atoms with van der Waals surface area (Å²) in [5.74, 6) is -1.90. The Balaban J connectivity index is 2.17. The van der Waals surface area contributed by atoms with Crippen LogP contribution in [-0.4, -0.2) is 23.0 Å². The third-order valence-corrected chi connectivity index (χ3v) is 4.84. The molecule has 0 aromatic heterocycles. The summed E-state index contributed by atoms with van der Waals surface area (Å²) in [6.45, 7) is 0. The lowest BCUT2D eigenvalue weighted by molar-refractivity contribution is -0.275. The van der Waals surface area contributed by atoms with Gasteiger partial charge < -0.3 is 9.94 Å². The van der Waals surface area contributed by atoms with Gasteiger partial charge in [-0.05, 0) is 24.3 Å². The summed E-state index contributed by atoms with van der Waals surface area (Å²) in [5.41, 5.74) is -8.02. The van der Waals surface area contributed by atoms with E-state index in [1.54, 1.807) is 0 Å². The van der Waals surface area contributed by atoms with Crippen molar-refractivity contribution in [3.8, 4) is 0 Å². The second kappa shape index (κ2) is 7.35. The van der Waals surface area contributed by atoms with Gasteiger partial charge in [-0.1, -0.05) is 40.5 Å². The first-order valence-corrected chi connectivity index (χ1v) is 8.74.